The maximum atomic E-state index is 12.6. The van der Waals surface area contributed by atoms with E-state index in [0.717, 1.165) is 12.1 Å². The van der Waals surface area contributed by atoms with Gasteiger partial charge in [-0.05, 0) is 24.5 Å². The Balaban J connectivity index is 2.35. The molecule has 1 aromatic rings. The topological polar surface area (TPSA) is 63.7 Å². The number of rotatable bonds is 2. The number of benzene rings is 1. The Morgan fingerprint density at radius 1 is 1.12 bits per heavy atom. The van der Waals surface area contributed by atoms with Crippen molar-refractivity contribution in [2.45, 2.75) is 31.1 Å². The van der Waals surface area contributed by atoms with Gasteiger partial charge in [0, 0.05) is 18.7 Å². The molecule has 25 heavy (non-hydrogen) atoms. The van der Waals surface area contributed by atoms with Crippen LogP contribution in [0.1, 0.15) is 17.5 Å². The van der Waals surface area contributed by atoms with E-state index in [1.54, 1.807) is 0 Å². The lowest BCUT2D eigenvalue weighted by Gasteiger charge is -2.22. The van der Waals surface area contributed by atoms with Crippen LogP contribution in [0.3, 0.4) is 0 Å². The molecule has 0 unspecified atom stereocenters. The van der Waals surface area contributed by atoms with Crippen molar-refractivity contribution in [2.75, 3.05) is 6.54 Å². The third-order valence-electron chi connectivity index (χ3n) is 3.46. The van der Waals surface area contributed by atoms with Gasteiger partial charge in [0.1, 0.15) is 5.75 Å². The molecule has 0 N–H and O–H groups in total. The summed E-state index contributed by atoms with van der Waals surface area (Å²) in [5, 5.41) is 0. The van der Waals surface area contributed by atoms with Crippen molar-refractivity contribution in [1.82, 2.24) is 4.90 Å². The number of carbonyl (C=O) groups excluding carboxylic acids is 1. The summed E-state index contributed by atoms with van der Waals surface area (Å²) in [5.41, 5.74) is -5.53. The number of carbonyl (C=O) groups is 1. The van der Waals surface area contributed by atoms with E-state index in [2.05, 4.69) is 4.18 Å². The third-order valence-corrected chi connectivity index (χ3v) is 4.42. The minimum Gasteiger partial charge on any atom is -0.376 e. The molecular weight excluding hydrogens is 380 g/mol. The Kier molecular flexibility index (Phi) is 4.94. The van der Waals surface area contributed by atoms with Crippen molar-refractivity contribution in [3.63, 3.8) is 0 Å². The lowest BCUT2D eigenvalue weighted by atomic mass is 10.0. The fourth-order valence-corrected chi connectivity index (χ4v) is 2.86. The third kappa shape index (κ3) is 4.17. The van der Waals surface area contributed by atoms with Crippen LogP contribution >= 0.6 is 0 Å². The van der Waals surface area contributed by atoms with Crippen LogP contribution in [0.15, 0.2) is 18.2 Å². The largest absolute Gasteiger partial charge is 0.534 e. The zero-order valence-corrected chi connectivity index (χ0v) is 13.1. The number of amides is 1. The first-order valence-corrected chi connectivity index (χ1v) is 8.21. The first-order valence-electron chi connectivity index (χ1n) is 6.80. The molecule has 1 heterocycles. The van der Waals surface area contributed by atoms with E-state index in [0.29, 0.717) is 4.90 Å². The lowest BCUT2D eigenvalue weighted by molar-refractivity contribution is -0.186. The van der Waals surface area contributed by atoms with Gasteiger partial charge < -0.3 is 9.08 Å². The normalized spacial score (nSPS) is 16.2. The summed E-state index contributed by atoms with van der Waals surface area (Å²) in [6.07, 6.45) is -5.12. The number of hydrogen-bond acceptors (Lipinski definition) is 4. The Morgan fingerprint density at radius 3 is 2.32 bits per heavy atom. The van der Waals surface area contributed by atoms with E-state index in [-0.39, 0.29) is 30.5 Å². The Bertz CT molecular complexity index is 772. The molecule has 12 heteroatoms. The number of halogens is 6. The number of fused-ring (bicyclic) bond motifs is 1. The second-order valence-corrected chi connectivity index (χ2v) is 6.74. The average molecular weight is 391 g/mol. The molecule has 0 fully saturated rings. The van der Waals surface area contributed by atoms with Crippen molar-refractivity contribution in [2.24, 2.45) is 0 Å². The van der Waals surface area contributed by atoms with Crippen LogP contribution in [0.2, 0.25) is 0 Å². The number of alkyl halides is 6. The summed E-state index contributed by atoms with van der Waals surface area (Å²) in [6, 6.07) is 3.41. The van der Waals surface area contributed by atoms with Gasteiger partial charge in [-0.1, -0.05) is 12.1 Å². The van der Waals surface area contributed by atoms with Gasteiger partial charge in [-0.15, -0.1) is 0 Å². The molecule has 0 atom stereocenters. The molecule has 1 aliphatic heterocycles. The van der Waals surface area contributed by atoms with Crippen LogP contribution in [-0.2, 0) is 27.9 Å². The summed E-state index contributed by atoms with van der Waals surface area (Å²) in [4.78, 5) is 11.9. The predicted molar refractivity (Wildman–Crippen MR) is 71.8 cm³/mol. The molecule has 0 aromatic heterocycles. The molecule has 5 nitrogen and oxygen atoms in total. The zero-order chi connectivity index (χ0) is 19.0. The van der Waals surface area contributed by atoms with E-state index in [1.807, 2.05) is 0 Å². The van der Waals surface area contributed by atoms with Crippen LogP contribution in [0, 0.1) is 0 Å². The van der Waals surface area contributed by atoms with Crippen LogP contribution in [0.4, 0.5) is 26.3 Å². The summed E-state index contributed by atoms with van der Waals surface area (Å²) in [5.74, 6) is -2.69. The molecule has 1 aromatic carbocycles. The van der Waals surface area contributed by atoms with Gasteiger partial charge >= 0.3 is 27.7 Å². The average Bonchev–Trinajstić information content (AvgIpc) is 2.67. The highest BCUT2D eigenvalue weighted by Crippen LogP contribution is 2.33. The van der Waals surface area contributed by atoms with E-state index in [4.69, 9.17) is 0 Å². The van der Waals surface area contributed by atoms with Crippen LogP contribution < -0.4 is 4.18 Å². The van der Waals surface area contributed by atoms with E-state index in [9.17, 15) is 39.6 Å². The van der Waals surface area contributed by atoms with Gasteiger partial charge in [-0.2, -0.15) is 34.8 Å². The second-order valence-electron chi connectivity index (χ2n) is 5.21. The highest BCUT2D eigenvalue weighted by molar-refractivity contribution is 7.88. The minimum absolute atomic E-state index is 0.00125. The minimum atomic E-state index is -5.91. The molecule has 1 aliphatic rings. The van der Waals surface area contributed by atoms with Crippen molar-refractivity contribution in [1.29, 1.82) is 0 Å². The van der Waals surface area contributed by atoms with Gasteiger partial charge in [0.15, 0.2) is 0 Å². The van der Waals surface area contributed by atoms with Gasteiger partial charge in [-0.3, -0.25) is 4.79 Å². The second kappa shape index (κ2) is 6.39. The molecule has 0 saturated heterocycles. The summed E-state index contributed by atoms with van der Waals surface area (Å²) in [7, 11) is -5.91. The SMILES string of the molecule is O=C(N1CCCc2c(cccc2OS(=O)(=O)C(F)(F)F)C1)C(F)(F)F. The van der Waals surface area contributed by atoms with E-state index in [1.165, 1.54) is 6.07 Å². The van der Waals surface area contributed by atoms with Crippen molar-refractivity contribution in [3.05, 3.63) is 29.3 Å². The van der Waals surface area contributed by atoms with E-state index >= 15 is 0 Å². The smallest absolute Gasteiger partial charge is 0.376 e. The standard InChI is InChI=1S/C13H11F6NO4S/c14-12(15,16)11(21)20-6-2-4-9-8(7-20)3-1-5-10(9)24-25(22,23)13(17,18)19/h1,3,5H,2,4,6-7H2. The van der Waals surface area contributed by atoms with Gasteiger partial charge in [0.05, 0.1) is 0 Å². The van der Waals surface area contributed by atoms with Crippen molar-refractivity contribution >= 4 is 16.0 Å². The molecule has 0 saturated carbocycles. The first-order chi connectivity index (χ1) is 11.3. The van der Waals surface area contributed by atoms with Crippen LogP contribution in [0.25, 0.3) is 0 Å². The highest BCUT2D eigenvalue weighted by Gasteiger charge is 2.49. The summed E-state index contributed by atoms with van der Waals surface area (Å²) < 4.78 is 101. The highest BCUT2D eigenvalue weighted by atomic mass is 32.2. The fraction of sp³-hybridized carbons (Fsp3) is 0.462. The quantitative estimate of drug-likeness (QED) is 0.442. The molecule has 0 bridgehead atoms. The molecule has 2 rings (SSSR count). The Hall–Kier alpha value is -1.98. The first kappa shape index (κ1) is 19.3. The maximum Gasteiger partial charge on any atom is 0.534 e. The lowest BCUT2D eigenvalue weighted by Crippen LogP contribution is -2.40. The fourth-order valence-electron chi connectivity index (χ4n) is 2.37. The van der Waals surface area contributed by atoms with Crippen molar-refractivity contribution in [3.8, 4) is 5.75 Å². The van der Waals surface area contributed by atoms with Crippen LogP contribution in [0.5, 0.6) is 5.75 Å². The number of hydrogen-bond donors (Lipinski definition) is 0. The Labute approximate surface area is 138 Å². The van der Waals surface area contributed by atoms with Gasteiger partial charge in [0.2, 0.25) is 0 Å². The van der Waals surface area contributed by atoms with Gasteiger partial charge in [0.25, 0.3) is 0 Å². The maximum absolute atomic E-state index is 12.6. The van der Waals surface area contributed by atoms with Crippen LogP contribution in [-0.4, -0.2) is 37.5 Å². The molecule has 0 spiro atoms. The van der Waals surface area contributed by atoms with Gasteiger partial charge in [-0.25, -0.2) is 0 Å². The molecule has 1 amide bonds. The zero-order valence-electron chi connectivity index (χ0n) is 12.3. The molecule has 140 valence electrons. The molecule has 0 aliphatic carbocycles. The Morgan fingerprint density at radius 2 is 1.76 bits per heavy atom. The van der Waals surface area contributed by atoms with Crippen molar-refractivity contribution < 1.29 is 43.7 Å². The summed E-state index contributed by atoms with van der Waals surface area (Å²) >= 11 is 0. The number of nitrogens with zero attached hydrogens (tertiary/aromatic N) is 1. The van der Waals surface area contributed by atoms with E-state index < -0.39 is 40.0 Å². The predicted octanol–water partition coefficient (Wildman–Crippen LogP) is 2.75. The monoisotopic (exact) mass is 391 g/mol. The molecule has 0 radical (unpaired) electrons. The molecular formula is C13H11F6NO4S. The summed E-state index contributed by atoms with van der Waals surface area (Å²) in [6.45, 7) is -0.796.